The molecule has 1 fully saturated rings. The summed E-state index contributed by atoms with van der Waals surface area (Å²) in [4.78, 5) is 27.6. The molecule has 0 aliphatic carbocycles. The van der Waals surface area contributed by atoms with Crippen LogP contribution in [0.2, 0.25) is 0 Å². The second-order valence-electron chi connectivity index (χ2n) is 5.12. The van der Waals surface area contributed by atoms with Gasteiger partial charge in [-0.25, -0.2) is 0 Å². The van der Waals surface area contributed by atoms with Crippen molar-refractivity contribution >= 4 is 33.6 Å². The molecule has 0 spiro atoms. The van der Waals surface area contributed by atoms with Gasteiger partial charge in [0, 0.05) is 52.8 Å². The van der Waals surface area contributed by atoms with Crippen LogP contribution in [0.4, 0.5) is 0 Å². The number of amides is 1. The minimum atomic E-state index is 0.0584. The van der Waals surface area contributed by atoms with E-state index in [1.54, 1.807) is 0 Å². The van der Waals surface area contributed by atoms with Crippen LogP contribution >= 0.6 is 11.3 Å². The van der Waals surface area contributed by atoms with E-state index in [9.17, 15) is 9.59 Å². The number of hydrogen-bond donors (Lipinski definition) is 0. The van der Waals surface area contributed by atoms with Crippen molar-refractivity contribution in [3.63, 3.8) is 0 Å². The second kappa shape index (κ2) is 5.34. The van der Waals surface area contributed by atoms with E-state index in [0.717, 1.165) is 42.6 Å². The van der Waals surface area contributed by atoms with E-state index in [1.807, 2.05) is 28.5 Å². The Bertz CT molecular complexity index is 657. The molecule has 1 aliphatic rings. The Morgan fingerprint density at radius 2 is 2.00 bits per heavy atom. The molecule has 1 amide bonds. The van der Waals surface area contributed by atoms with E-state index in [2.05, 4.69) is 11.9 Å². The summed E-state index contributed by atoms with van der Waals surface area (Å²) in [5.41, 5.74) is 1.33. The van der Waals surface area contributed by atoms with Crippen LogP contribution in [0, 0.1) is 0 Å². The van der Waals surface area contributed by atoms with Gasteiger partial charge < -0.3 is 9.80 Å². The number of likely N-dealkylation sites (N-methyl/N-ethyl adjacent to an activating group) is 1. The van der Waals surface area contributed by atoms with E-state index in [4.69, 9.17) is 0 Å². The third-order valence-electron chi connectivity index (χ3n) is 3.77. The highest BCUT2D eigenvalue weighted by Gasteiger charge is 2.20. The molecule has 2 aromatic rings. The van der Waals surface area contributed by atoms with Gasteiger partial charge in [0.25, 0.3) is 5.91 Å². The minimum absolute atomic E-state index is 0.0584. The summed E-state index contributed by atoms with van der Waals surface area (Å²) in [6.45, 7) is 3.34. The molecule has 0 unspecified atom stereocenters. The molecule has 1 saturated heterocycles. The fourth-order valence-corrected chi connectivity index (χ4v) is 3.35. The highest BCUT2D eigenvalue weighted by atomic mass is 32.1. The molecule has 2 heterocycles. The van der Waals surface area contributed by atoms with E-state index < -0.39 is 0 Å². The fraction of sp³-hybridized carbons (Fsp3) is 0.333. The van der Waals surface area contributed by atoms with Gasteiger partial charge in [-0.3, -0.25) is 9.59 Å². The number of benzene rings is 1. The summed E-state index contributed by atoms with van der Waals surface area (Å²) in [5.74, 6) is 0.0584. The van der Waals surface area contributed by atoms with Crippen LogP contribution in [0.5, 0.6) is 0 Å². The van der Waals surface area contributed by atoms with Gasteiger partial charge in [0.15, 0.2) is 6.29 Å². The molecule has 0 radical (unpaired) electrons. The van der Waals surface area contributed by atoms with E-state index >= 15 is 0 Å². The van der Waals surface area contributed by atoms with E-state index in [1.165, 1.54) is 11.3 Å². The summed E-state index contributed by atoms with van der Waals surface area (Å²) in [5, 5.41) is 2.71. The van der Waals surface area contributed by atoms with Gasteiger partial charge in [0.1, 0.15) is 0 Å². The first-order valence-electron chi connectivity index (χ1n) is 6.63. The van der Waals surface area contributed by atoms with Crippen LogP contribution in [0.1, 0.15) is 20.7 Å². The van der Waals surface area contributed by atoms with Crippen molar-refractivity contribution in [2.24, 2.45) is 0 Å². The summed E-state index contributed by atoms with van der Waals surface area (Å²) in [7, 11) is 2.07. The van der Waals surface area contributed by atoms with Crippen molar-refractivity contribution in [3.8, 4) is 0 Å². The quantitative estimate of drug-likeness (QED) is 0.795. The molecular formula is C15H16N2O2S. The molecule has 0 saturated carbocycles. The number of carbonyl (C=O) groups excluding carboxylic acids is 2. The molecule has 1 aromatic heterocycles. The smallest absolute Gasteiger partial charge is 0.253 e. The third-order valence-corrected chi connectivity index (χ3v) is 4.75. The third kappa shape index (κ3) is 2.34. The van der Waals surface area contributed by atoms with Gasteiger partial charge in [-0.1, -0.05) is 0 Å². The first-order chi connectivity index (χ1) is 9.69. The highest BCUT2D eigenvalue weighted by molar-refractivity contribution is 7.17. The number of fused-ring (bicyclic) bond motifs is 1. The lowest BCUT2D eigenvalue weighted by molar-refractivity contribution is 0.0664. The van der Waals surface area contributed by atoms with Gasteiger partial charge in [0.05, 0.1) is 0 Å². The van der Waals surface area contributed by atoms with Crippen LogP contribution in [0.25, 0.3) is 10.1 Å². The number of nitrogens with zero attached hydrogens (tertiary/aromatic N) is 2. The first-order valence-corrected chi connectivity index (χ1v) is 7.51. The lowest BCUT2D eigenvalue weighted by atomic mass is 10.1. The van der Waals surface area contributed by atoms with Crippen molar-refractivity contribution in [1.29, 1.82) is 0 Å². The standard InChI is InChI=1S/C15H16N2O2S/c1-16-4-6-17(7-5-16)15(19)11-2-3-14-13(8-11)12(9-18)10-20-14/h2-3,8-10H,4-7H2,1H3. The van der Waals surface area contributed by atoms with Crippen molar-refractivity contribution in [1.82, 2.24) is 9.80 Å². The Morgan fingerprint density at radius 3 is 2.70 bits per heavy atom. The van der Waals surface area contributed by atoms with Gasteiger partial charge in [0.2, 0.25) is 0 Å². The lowest BCUT2D eigenvalue weighted by Crippen LogP contribution is -2.47. The average Bonchev–Trinajstić information content (AvgIpc) is 2.89. The minimum Gasteiger partial charge on any atom is -0.336 e. The van der Waals surface area contributed by atoms with Crippen LogP contribution in [0.3, 0.4) is 0 Å². The van der Waals surface area contributed by atoms with Gasteiger partial charge >= 0.3 is 0 Å². The fourth-order valence-electron chi connectivity index (χ4n) is 2.47. The van der Waals surface area contributed by atoms with Crippen LogP contribution in [-0.4, -0.2) is 55.2 Å². The number of thiophene rings is 1. The molecule has 5 heteroatoms. The van der Waals surface area contributed by atoms with E-state index in [-0.39, 0.29) is 5.91 Å². The Balaban J connectivity index is 1.89. The first kappa shape index (κ1) is 13.3. The molecule has 104 valence electrons. The van der Waals surface area contributed by atoms with Crippen LogP contribution in [-0.2, 0) is 0 Å². The van der Waals surface area contributed by atoms with Crippen molar-refractivity contribution in [3.05, 3.63) is 34.7 Å². The number of carbonyl (C=O) groups is 2. The Kier molecular flexibility index (Phi) is 3.54. The zero-order chi connectivity index (χ0) is 14.1. The second-order valence-corrected chi connectivity index (χ2v) is 6.03. The van der Waals surface area contributed by atoms with Crippen LogP contribution in [0.15, 0.2) is 23.6 Å². The number of rotatable bonds is 2. The zero-order valence-electron chi connectivity index (χ0n) is 11.3. The predicted octanol–water partition coefficient (Wildman–Crippen LogP) is 2.10. The van der Waals surface area contributed by atoms with E-state index in [0.29, 0.717) is 11.1 Å². The number of aldehydes is 1. The molecule has 1 aliphatic heterocycles. The average molecular weight is 288 g/mol. The Morgan fingerprint density at radius 1 is 1.25 bits per heavy atom. The Labute approximate surface area is 121 Å². The number of hydrogen-bond acceptors (Lipinski definition) is 4. The molecule has 1 aromatic carbocycles. The molecule has 0 bridgehead atoms. The molecule has 3 rings (SSSR count). The topological polar surface area (TPSA) is 40.6 Å². The lowest BCUT2D eigenvalue weighted by Gasteiger charge is -2.32. The van der Waals surface area contributed by atoms with Crippen molar-refractivity contribution in [2.75, 3.05) is 33.2 Å². The van der Waals surface area contributed by atoms with Crippen LogP contribution < -0.4 is 0 Å². The molecule has 20 heavy (non-hydrogen) atoms. The normalized spacial score (nSPS) is 16.6. The zero-order valence-corrected chi connectivity index (χ0v) is 12.2. The molecule has 0 atom stereocenters. The molecule has 4 nitrogen and oxygen atoms in total. The highest BCUT2D eigenvalue weighted by Crippen LogP contribution is 2.26. The SMILES string of the molecule is CN1CCN(C(=O)c2ccc3scc(C=O)c3c2)CC1. The summed E-state index contributed by atoms with van der Waals surface area (Å²) in [6, 6.07) is 5.63. The molecular weight excluding hydrogens is 272 g/mol. The monoisotopic (exact) mass is 288 g/mol. The summed E-state index contributed by atoms with van der Waals surface area (Å²) in [6.07, 6.45) is 0.850. The maximum Gasteiger partial charge on any atom is 0.253 e. The number of piperazine rings is 1. The van der Waals surface area contributed by atoms with Crippen molar-refractivity contribution in [2.45, 2.75) is 0 Å². The maximum absolute atomic E-state index is 12.5. The van der Waals surface area contributed by atoms with Gasteiger partial charge in [-0.2, -0.15) is 0 Å². The predicted molar refractivity (Wildman–Crippen MR) is 80.6 cm³/mol. The summed E-state index contributed by atoms with van der Waals surface area (Å²) >= 11 is 1.53. The molecule has 0 N–H and O–H groups in total. The summed E-state index contributed by atoms with van der Waals surface area (Å²) < 4.78 is 1.04. The van der Waals surface area contributed by atoms with Gasteiger partial charge in [-0.05, 0) is 25.2 Å². The maximum atomic E-state index is 12.5. The Hall–Kier alpha value is -1.72. The largest absolute Gasteiger partial charge is 0.336 e. The van der Waals surface area contributed by atoms with Gasteiger partial charge in [-0.15, -0.1) is 11.3 Å². The van der Waals surface area contributed by atoms with Crippen molar-refractivity contribution < 1.29 is 9.59 Å².